The van der Waals surface area contributed by atoms with Crippen LogP contribution in [0.5, 0.6) is 11.5 Å². The fourth-order valence-electron chi connectivity index (χ4n) is 4.94. The summed E-state index contributed by atoms with van der Waals surface area (Å²) >= 11 is 7.54. The molecule has 4 rings (SSSR count). The zero-order valence-electron chi connectivity index (χ0n) is 23.6. The van der Waals surface area contributed by atoms with Crippen molar-refractivity contribution in [3.63, 3.8) is 0 Å². The summed E-state index contributed by atoms with van der Waals surface area (Å²) in [5.41, 5.74) is 0.861. The number of ether oxygens (including phenoxy) is 1. The third-order valence-electron chi connectivity index (χ3n) is 6.94. The number of alkyl halides is 1. The average molecular weight is 582 g/mol. The molecule has 3 amide bonds. The van der Waals surface area contributed by atoms with E-state index in [4.69, 9.17) is 16.3 Å². The number of aryl methyl sites for hydroxylation is 1. The maximum atomic E-state index is 14.2. The normalized spacial score (nSPS) is 16.4. The summed E-state index contributed by atoms with van der Waals surface area (Å²) in [6.45, 7) is 10.8. The van der Waals surface area contributed by atoms with Gasteiger partial charge in [0.15, 0.2) is 0 Å². The number of thiophene rings is 1. The van der Waals surface area contributed by atoms with Gasteiger partial charge < -0.3 is 14.5 Å². The Balaban J connectivity index is 1.65. The minimum absolute atomic E-state index is 0.0642. The van der Waals surface area contributed by atoms with E-state index in [0.29, 0.717) is 36.8 Å². The molecule has 0 saturated carbocycles. The molecule has 1 fully saturated rings. The first-order valence-electron chi connectivity index (χ1n) is 13.4. The van der Waals surface area contributed by atoms with Crippen LogP contribution >= 0.6 is 22.9 Å². The molecular weight excluding hydrogens is 546 g/mol. The Hall–Kier alpha value is -3.36. The van der Waals surface area contributed by atoms with E-state index in [0.717, 1.165) is 10.4 Å². The highest BCUT2D eigenvalue weighted by Crippen LogP contribution is 2.36. The maximum Gasteiger partial charge on any atom is 0.251 e. The van der Waals surface area contributed by atoms with Gasteiger partial charge in [-0.1, -0.05) is 45.0 Å². The molecule has 7 nitrogen and oxygen atoms in total. The highest BCUT2D eigenvalue weighted by atomic mass is 35.5. The molecule has 1 aliphatic heterocycles. The number of hydrogen-bond acceptors (Lipinski definition) is 5. The van der Waals surface area contributed by atoms with Crippen LogP contribution in [0.2, 0.25) is 0 Å². The standard InChI is InChI=1S/C31H36ClN3O4S/c1-21-18-24(39-23-10-7-6-8-11-23)13-14-25(21)35(27(36)19-32)28(26-12-9-17-40-26)29(37)33-15-16-34(22(2)20-33)30(38)31(3,4)5/h6-14,17-18,22,28H,15-16,19-20H2,1-5H3. The fraction of sp³-hybridized carbons (Fsp3) is 0.387. The Morgan fingerprint density at radius 3 is 2.35 bits per heavy atom. The smallest absolute Gasteiger partial charge is 0.251 e. The van der Waals surface area contributed by atoms with Gasteiger partial charge in [0.2, 0.25) is 11.8 Å². The first-order valence-corrected chi connectivity index (χ1v) is 14.8. The predicted molar refractivity (Wildman–Crippen MR) is 160 cm³/mol. The second-order valence-corrected chi connectivity index (χ2v) is 12.3. The van der Waals surface area contributed by atoms with E-state index < -0.39 is 11.5 Å². The zero-order valence-corrected chi connectivity index (χ0v) is 25.2. The van der Waals surface area contributed by atoms with Crippen molar-refractivity contribution in [1.29, 1.82) is 0 Å². The molecule has 2 heterocycles. The minimum Gasteiger partial charge on any atom is -0.457 e. The molecule has 40 heavy (non-hydrogen) atoms. The summed E-state index contributed by atoms with van der Waals surface area (Å²) in [4.78, 5) is 46.5. The maximum absolute atomic E-state index is 14.2. The van der Waals surface area contributed by atoms with Crippen molar-refractivity contribution in [3.05, 3.63) is 76.5 Å². The number of halogens is 1. The molecule has 1 aliphatic rings. The van der Waals surface area contributed by atoms with Crippen molar-refractivity contribution >= 4 is 46.3 Å². The van der Waals surface area contributed by atoms with E-state index in [9.17, 15) is 14.4 Å². The van der Waals surface area contributed by atoms with E-state index in [1.165, 1.54) is 16.2 Å². The Morgan fingerprint density at radius 2 is 1.77 bits per heavy atom. The third kappa shape index (κ3) is 6.50. The van der Waals surface area contributed by atoms with Crippen LogP contribution in [0.25, 0.3) is 0 Å². The minimum atomic E-state index is -0.886. The molecule has 0 spiro atoms. The van der Waals surface area contributed by atoms with E-state index in [2.05, 4.69) is 0 Å². The van der Waals surface area contributed by atoms with E-state index in [-0.39, 0.29) is 29.6 Å². The molecule has 2 atom stereocenters. The lowest BCUT2D eigenvalue weighted by molar-refractivity contribution is -0.148. The van der Waals surface area contributed by atoms with Gasteiger partial charge in [-0.25, -0.2) is 0 Å². The summed E-state index contributed by atoms with van der Waals surface area (Å²) in [5, 5.41) is 1.89. The average Bonchev–Trinajstić information content (AvgIpc) is 3.45. The Kier molecular flexibility index (Phi) is 9.21. The third-order valence-corrected chi connectivity index (χ3v) is 8.09. The van der Waals surface area contributed by atoms with Crippen LogP contribution in [0.15, 0.2) is 66.0 Å². The number of anilines is 1. The van der Waals surface area contributed by atoms with Crippen molar-refractivity contribution < 1.29 is 19.1 Å². The summed E-state index contributed by atoms with van der Waals surface area (Å²) in [5.74, 6) is 0.546. The molecule has 2 unspecified atom stereocenters. The van der Waals surface area contributed by atoms with Crippen molar-refractivity contribution in [3.8, 4) is 11.5 Å². The molecule has 0 aliphatic carbocycles. The number of rotatable bonds is 7. The van der Waals surface area contributed by atoms with Gasteiger partial charge in [0.25, 0.3) is 5.91 Å². The van der Waals surface area contributed by atoms with E-state index >= 15 is 0 Å². The monoisotopic (exact) mass is 581 g/mol. The van der Waals surface area contributed by atoms with Gasteiger partial charge in [0.05, 0.1) is 0 Å². The number of carbonyl (C=O) groups excluding carboxylic acids is 3. The van der Waals surface area contributed by atoms with Crippen LogP contribution in [0, 0.1) is 12.3 Å². The SMILES string of the molecule is Cc1cc(Oc2ccccc2)ccc1N(C(=O)CCl)C(C(=O)N1CCN(C(=O)C(C)(C)C)C(C)C1)c1cccs1. The molecular formula is C31H36ClN3O4S. The first kappa shape index (κ1) is 29.6. The van der Waals surface area contributed by atoms with Crippen LogP contribution in [0.4, 0.5) is 5.69 Å². The van der Waals surface area contributed by atoms with Gasteiger partial charge >= 0.3 is 0 Å². The lowest BCUT2D eigenvalue weighted by Crippen LogP contribution is -2.59. The Morgan fingerprint density at radius 1 is 1.05 bits per heavy atom. The van der Waals surface area contributed by atoms with Crippen LogP contribution < -0.4 is 9.64 Å². The molecule has 1 aromatic heterocycles. The van der Waals surface area contributed by atoms with Crippen LogP contribution in [0.1, 0.15) is 44.2 Å². The number of nitrogens with zero attached hydrogens (tertiary/aromatic N) is 3. The summed E-state index contributed by atoms with van der Waals surface area (Å²) < 4.78 is 5.99. The van der Waals surface area contributed by atoms with Gasteiger partial charge in [-0.05, 0) is 61.2 Å². The Bertz CT molecular complexity index is 1340. The zero-order chi connectivity index (χ0) is 29.0. The highest BCUT2D eigenvalue weighted by molar-refractivity contribution is 7.10. The van der Waals surface area contributed by atoms with Crippen molar-refractivity contribution in [2.75, 3.05) is 30.4 Å². The second-order valence-electron chi connectivity index (χ2n) is 11.1. The number of piperazine rings is 1. The fourth-order valence-corrected chi connectivity index (χ4v) is 5.87. The molecule has 9 heteroatoms. The summed E-state index contributed by atoms with van der Waals surface area (Å²) in [6, 6.07) is 17.6. The van der Waals surface area contributed by atoms with Gasteiger partial charge in [-0.3, -0.25) is 19.3 Å². The van der Waals surface area contributed by atoms with Crippen molar-refractivity contribution in [1.82, 2.24) is 9.80 Å². The van der Waals surface area contributed by atoms with E-state index in [1.807, 2.05) is 93.4 Å². The first-order chi connectivity index (χ1) is 19.0. The molecule has 0 bridgehead atoms. The van der Waals surface area contributed by atoms with Crippen LogP contribution in [0.3, 0.4) is 0 Å². The van der Waals surface area contributed by atoms with Crippen LogP contribution in [-0.2, 0) is 14.4 Å². The lowest BCUT2D eigenvalue weighted by Gasteiger charge is -2.44. The summed E-state index contributed by atoms with van der Waals surface area (Å²) in [6.07, 6.45) is 0. The molecule has 3 aromatic rings. The molecule has 0 radical (unpaired) electrons. The highest BCUT2D eigenvalue weighted by Gasteiger charge is 2.40. The number of amides is 3. The summed E-state index contributed by atoms with van der Waals surface area (Å²) in [7, 11) is 0. The van der Waals surface area contributed by atoms with Gasteiger partial charge in [0, 0.05) is 41.7 Å². The molecule has 2 aromatic carbocycles. The predicted octanol–water partition coefficient (Wildman–Crippen LogP) is 6.27. The quantitative estimate of drug-likeness (QED) is 0.308. The number of hydrogen-bond donors (Lipinski definition) is 0. The number of para-hydroxylation sites is 1. The van der Waals surface area contributed by atoms with Gasteiger partial charge in [-0.15, -0.1) is 22.9 Å². The number of benzene rings is 2. The molecule has 0 N–H and O–H groups in total. The number of carbonyl (C=O) groups is 3. The van der Waals surface area contributed by atoms with Gasteiger partial charge in [-0.2, -0.15) is 0 Å². The van der Waals surface area contributed by atoms with E-state index in [1.54, 1.807) is 17.0 Å². The second kappa shape index (κ2) is 12.4. The van der Waals surface area contributed by atoms with Crippen molar-refractivity contribution in [2.45, 2.75) is 46.7 Å². The van der Waals surface area contributed by atoms with Crippen molar-refractivity contribution in [2.24, 2.45) is 5.41 Å². The van der Waals surface area contributed by atoms with Crippen LogP contribution in [-0.4, -0.2) is 59.1 Å². The molecule has 1 saturated heterocycles. The molecule has 212 valence electrons. The topological polar surface area (TPSA) is 70.2 Å². The Labute approximate surface area is 245 Å². The van der Waals surface area contributed by atoms with Gasteiger partial charge in [0.1, 0.15) is 23.4 Å². The lowest BCUT2D eigenvalue weighted by atomic mass is 9.93. The largest absolute Gasteiger partial charge is 0.457 e.